The molecule has 0 fully saturated rings. The lowest BCUT2D eigenvalue weighted by Crippen LogP contribution is -2.44. The highest BCUT2D eigenvalue weighted by Gasteiger charge is 2.18. The second-order valence-corrected chi connectivity index (χ2v) is 5.37. The molecule has 0 N–H and O–H groups in total. The van der Waals surface area contributed by atoms with E-state index in [2.05, 4.69) is 18.3 Å². The standard InChI is InChI=1S/C21H21N2O/c1-5-19(14-22-4)21-13-20(16(2)23(15-21)17(3)24)12-11-18-9-7-6-8-10-18/h5-15H,1,4H2,2-3H3/q+1/b12-11+,19-14+. The summed E-state index contributed by atoms with van der Waals surface area (Å²) < 4.78 is 1.64. The van der Waals surface area contributed by atoms with Gasteiger partial charge >= 0.3 is 5.91 Å². The molecule has 0 aliphatic rings. The van der Waals surface area contributed by atoms with E-state index >= 15 is 0 Å². The highest BCUT2D eigenvalue weighted by Crippen LogP contribution is 2.19. The molecule has 120 valence electrons. The number of pyridine rings is 1. The average Bonchev–Trinajstić information content (AvgIpc) is 2.59. The van der Waals surface area contributed by atoms with Crippen LogP contribution in [0.4, 0.5) is 0 Å². The molecule has 0 saturated heterocycles. The third kappa shape index (κ3) is 4.02. The molecule has 0 unspecified atom stereocenters. The van der Waals surface area contributed by atoms with Gasteiger partial charge in [-0.15, -0.1) is 4.57 Å². The minimum Gasteiger partial charge on any atom is -0.272 e. The molecule has 0 saturated carbocycles. The van der Waals surface area contributed by atoms with E-state index < -0.39 is 0 Å². The molecule has 3 nitrogen and oxygen atoms in total. The quantitative estimate of drug-likeness (QED) is 0.459. The van der Waals surface area contributed by atoms with Gasteiger partial charge in [0, 0.05) is 29.8 Å². The number of nitrogens with zero attached hydrogens (tertiary/aromatic N) is 2. The first-order valence-electron chi connectivity index (χ1n) is 7.66. The molecule has 24 heavy (non-hydrogen) atoms. The molecule has 0 aliphatic heterocycles. The van der Waals surface area contributed by atoms with Crippen molar-refractivity contribution in [3.8, 4) is 0 Å². The maximum atomic E-state index is 12.0. The number of hydrogen-bond donors (Lipinski definition) is 0. The summed E-state index contributed by atoms with van der Waals surface area (Å²) in [6.45, 7) is 10.8. The number of aromatic nitrogens is 1. The van der Waals surface area contributed by atoms with Crippen molar-refractivity contribution < 1.29 is 9.36 Å². The molecule has 0 spiro atoms. The summed E-state index contributed by atoms with van der Waals surface area (Å²) in [6.07, 6.45) is 9.17. The molecule has 1 aromatic carbocycles. The van der Waals surface area contributed by atoms with Crippen LogP contribution in [0.2, 0.25) is 0 Å². The topological polar surface area (TPSA) is 33.3 Å². The molecule has 0 aliphatic carbocycles. The Bertz CT molecular complexity index is 830. The Morgan fingerprint density at radius 1 is 1.21 bits per heavy atom. The summed E-state index contributed by atoms with van der Waals surface area (Å²) in [5.41, 5.74) is 4.63. The lowest BCUT2D eigenvalue weighted by atomic mass is 10.0. The Kier molecular flexibility index (Phi) is 5.74. The maximum absolute atomic E-state index is 12.0. The van der Waals surface area contributed by atoms with Crippen molar-refractivity contribution in [3.63, 3.8) is 0 Å². The first-order valence-corrected chi connectivity index (χ1v) is 7.66. The Hall–Kier alpha value is -3.07. The van der Waals surface area contributed by atoms with Gasteiger partial charge in [0.05, 0.1) is 6.92 Å². The second-order valence-electron chi connectivity index (χ2n) is 5.37. The molecule has 0 bridgehead atoms. The number of carbonyl (C=O) groups excluding carboxylic acids is 1. The number of benzene rings is 1. The summed E-state index contributed by atoms with van der Waals surface area (Å²) in [5, 5.41) is 0. The number of allylic oxidation sites excluding steroid dienone is 2. The molecule has 2 aromatic rings. The van der Waals surface area contributed by atoms with E-state index in [1.54, 1.807) is 30.0 Å². The normalized spacial score (nSPS) is 11.5. The monoisotopic (exact) mass is 317 g/mol. The fourth-order valence-electron chi connectivity index (χ4n) is 2.43. The third-order valence-corrected chi connectivity index (χ3v) is 3.74. The second kappa shape index (κ2) is 7.97. The van der Waals surface area contributed by atoms with Crippen LogP contribution >= 0.6 is 0 Å². The number of aliphatic imine (C=N–C) groups is 1. The Balaban J connectivity index is 2.57. The van der Waals surface area contributed by atoms with Gasteiger partial charge in [-0.05, 0) is 24.4 Å². The zero-order valence-electron chi connectivity index (χ0n) is 14.1. The van der Waals surface area contributed by atoms with Gasteiger partial charge in [0.15, 0.2) is 11.9 Å². The molecule has 2 rings (SSSR count). The minimum atomic E-state index is -0.0429. The zero-order valence-corrected chi connectivity index (χ0v) is 14.1. The minimum absolute atomic E-state index is 0.0429. The molecule has 0 amide bonds. The van der Waals surface area contributed by atoms with Gasteiger partial charge in [-0.2, -0.15) is 0 Å². The van der Waals surface area contributed by atoms with Crippen LogP contribution in [0.15, 0.2) is 66.4 Å². The zero-order chi connectivity index (χ0) is 17.5. The highest BCUT2D eigenvalue weighted by atomic mass is 16.1. The maximum Gasteiger partial charge on any atom is 0.389 e. The van der Waals surface area contributed by atoms with Crippen molar-refractivity contribution in [3.05, 3.63) is 83.8 Å². The lowest BCUT2D eigenvalue weighted by molar-refractivity contribution is -0.580. The van der Waals surface area contributed by atoms with E-state index in [0.717, 1.165) is 28.0 Å². The van der Waals surface area contributed by atoms with Gasteiger partial charge in [-0.3, -0.25) is 4.99 Å². The van der Waals surface area contributed by atoms with Crippen LogP contribution in [0, 0.1) is 6.92 Å². The van der Waals surface area contributed by atoms with Crippen LogP contribution < -0.4 is 4.57 Å². The van der Waals surface area contributed by atoms with E-state index in [4.69, 9.17) is 0 Å². The van der Waals surface area contributed by atoms with Crippen LogP contribution in [0.1, 0.15) is 34.1 Å². The molecule has 3 heteroatoms. The number of hydrogen-bond acceptors (Lipinski definition) is 2. The van der Waals surface area contributed by atoms with Gasteiger partial charge in [-0.1, -0.05) is 49.1 Å². The Morgan fingerprint density at radius 2 is 1.92 bits per heavy atom. The number of carbonyl (C=O) groups is 1. The average molecular weight is 317 g/mol. The van der Waals surface area contributed by atoms with E-state index in [9.17, 15) is 4.79 Å². The first-order chi connectivity index (χ1) is 11.6. The molecular weight excluding hydrogens is 296 g/mol. The van der Waals surface area contributed by atoms with Gasteiger partial charge in [0.2, 0.25) is 0 Å². The van der Waals surface area contributed by atoms with Crippen molar-refractivity contribution in [1.82, 2.24) is 0 Å². The molecule has 1 heterocycles. The summed E-state index contributed by atoms with van der Waals surface area (Å²) in [6, 6.07) is 12.1. The largest absolute Gasteiger partial charge is 0.389 e. The van der Waals surface area contributed by atoms with Crippen LogP contribution in [-0.4, -0.2) is 12.6 Å². The SMILES string of the molecule is C=C/C(=C\N=C)c1cc(/C=C/c2ccccc2)c(C)[n+](C(C)=O)c1. The van der Waals surface area contributed by atoms with E-state index in [0.29, 0.717) is 0 Å². The number of rotatable bonds is 5. The predicted molar refractivity (Wildman–Crippen MR) is 101 cm³/mol. The summed E-state index contributed by atoms with van der Waals surface area (Å²) in [5.74, 6) is -0.0429. The van der Waals surface area contributed by atoms with Crippen LogP contribution in [0.25, 0.3) is 17.7 Å². The summed E-state index contributed by atoms with van der Waals surface area (Å²) in [4.78, 5) is 15.8. The molecule has 0 atom stereocenters. The van der Waals surface area contributed by atoms with Crippen molar-refractivity contribution in [2.75, 3.05) is 0 Å². The Labute approximate surface area is 143 Å². The van der Waals surface area contributed by atoms with Crippen molar-refractivity contribution in [1.29, 1.82) is 0 Å². The summed E-state index contributed by atoms with van der Waals surface area (Å²) >= 11 is 0. The fourth-order valence-corrected chi connectivity index (χ4v) is 2.43. The fraction of sp³-hybridized carbons (Fsp3) is 0.0952. The first kappa shape index (κ1) is 17.3. The van der Waals surface area contributed by atoms with E-state index in [1.165, 1.54) is 0 Å². The highest BCUT2D eigenvalue weighted by molar-refractivity contribution is 5.77. The van der Waals surface area contributed by atoms with Crippen molar-refractivity contribution in [2.45, 2.75) is 13.8 Å². The molecule has 1 aromatic heterocycles. The molecule has 0 radical (unpaired) electrons. The Morgan fingerprint density at radius 3 is 2.50 bits per heavy atom. The van der Waals surface area contributed by atoms with E-state index in [-0.39, 0.29) is 5.91 Å². The third-order valence-electron chi connectivity index (χ3n) is 3.74. The van der Waals surface area contributed by atoms with E-state index in [1.807, 2.05) is 55.5 Å². The van der Waals surface area contributed by atoms with Crippen LogP contribution in [0.3, 0.4) is 0 Å². The van der Waals surface area contributed by atoms with Gasteiger partial charge in [0.25, 0.3) is 0 Å². The smallest absolute Gasteiger partial charge is 0.272 e. The summed E-state index contributed by atoms with van der Waals surface area (Å²) in [7, 11) is 0. The van der Waals surface area contributed by atoms with Crippen LogP contribution in [-0.2, 0) is 0 Å². The molecular formula is C21H21N2O+. The van der Waals surface area contributed by atoms with Gasteiger partial charge in [-0.25, -0.2) is 4.79 Å². The van der Waals surface area contributed by atoms with Crippen molar-refractivity contribution in [2.24, 2.45) is 4.99 Å². The van der Waals surface area contributed by atoms with Crippen molar-refractivity contribution >= 4 is 30.3 Å². The van der Waals surface area contributed by atoms with Gasteiger partial charge < -0.3 is 0 Å². The van der Waals surface area contributed by atoms with Crippen LogP contribution in [0.5, 0.6) is 0 Å². The lowest BCUT2D eigenvalue weighted by Gasteiger charge is -2.05. The predicted octanol–water partition coefficient (Wildman–Crippen LogP) is 4.34. The van der Waals surface area contributed by atoms with Gasteiger partial charge in [0.1, 0.15) is 0 Å².